The summed E-state index contributed by atoms with van der Waals surface area (Å²) in [4.78, 5) is 11.7. The minimum Gasteiger partial charge on any atom is -0.326 e. The molecule has 0 unspecified atom stereocenters. The van der Waals surface area contributed by atoms with E-state index in [-0.39, 0.29) is 5.91 Å². The minimum absolute atomic E-state index is 0.0201. The molecule has 2 rings (SSSR count). The molecule has 1 amide bonds. The number of rotatable bonds is 3. The first-order chi connectivity index (χ1) is 8.72. The number of carbonyl (C=O) groups is 1. The Morgan fingerprint density at radius 2 is 2.00 bits per heavy atom. The quantitative estimate of drug-likeness (QED) is 0.880. The molecule has 1 fully saturated rings. The van der Waals surface area contributed by atoms with Crippen LogP contribution < -0.4 is 5.32 Å². The van der Waals surface area contributed by atoms with Crippen molar-refractivity contribution in [3.63, 3.8) is 0 Å². The summed E-state index contributed by atoms with van der Waals surface area (Å²) in [5, 5.41) is 20.4. The van der Waals surface area contributed by atoms with Gasteiger partial charge in [-0.2, -0.15) is 10.5 Å². The lowest BCUT2D eigenvalue weighted by Gasteiger charge is -2.24. The standard InChI is InChI=1S/C14H13N3O/c15-8-11-4-5-13(7-12(11)9-16)17-14(18)6-10-2-1-3-10/h4-5,7,10H,1-3,6H2,(H,17,18). The van der Waals surface area contributed by atoms with Gasteiger partial charge in [0.05, 0.1) is 11.1 Å². The lowest BCUT2D eigenvalue weighted by molar-refractivity contribution is -0.117. The van der Waals surface area contributed by atoms with Crippen molar-refractivity contribution < 1.29 is 4.79 Å². The van der Waals surface area contributed by atoms with Crippen molar-refractivity contribution in [3.05, 3.63) is 29.3 Å². The Labute approximate surface area is 106 Å². The van der Waals surface area contributed by atoms with Crippen LogP contribution in [0.25, 0.3) is 0 Å². The van der Waals surface area contributed by atoms with Crippen LogP contribution in [0.2, 0.25) is 0 Å². The number of hydrogen-bond donors (Lipinski definition) is 1. The van der Waals surface area contributed by atoms with Crippen molar-refractivity contribution in [1.82, 2.24) is 0 Å². The van der Waals surface area contributed by atoms with Crippen molar-refractivity contribution in [2.24, 2.45) is 5.92 Å². The van der Waals surface area contributed by atoms with Gasteiger partial charge < -0.3 is 5.32 Å². The molecule has 4 heteroatoms. The largest absolute Gasteiger partial charge is 0.326 e. The molecule has 1 aromatic rings. The maximum absolute atomic E-state index is 11.7. The molecule has 0 aromatic heterocycles. The fraction of sp³-hybridized carbons (Fsp3) is 0.357. The molecule has 0 bridgehead atoms. The molecule has 0 atom stereocenters. The summed E-state index contributed by atoms with van der Waals surface area (Å²) in [6, 6.07) is 8.63. The van der Waals surface area contributed by atoms with Gasteiger partial charge in [0.15, 0.2) is 0 Å². The Kier molecular flexibility index (Phi) is 3.60. The van der Waals surface area contributed by atoms with E-state index in [0.717, 1.165) is 12.8 Å². The minimum atomic E-state index is -0.0201. The third kappa shape index (κ3) is 2.67. The maximum atomic E-state index is 11.7. The molecule has 0 heterocycles. The zero-order valence-corrected chi connectivity index (χ0v) is 9.94. The van der Waals surface area contributed by atoms with E-state index in [1.54, 1.807) is 12.1 Å². The van der Waals surface area contributed by atoms with E-state index >= 15 is 0 Å². The van der Waals surface area contributed by atoms with Crippen molar-refractivity contribution in [2.75, 3.05) is 5.32 Å². The number of benzene rings is 1. The van der Waals surface area contributed by atoms with Gasteiger partial charge in [0.2, 0.25) is 5.91 Å². The van der Waals surface area contributed by atoms with Gasteiger partial charge in [-0.15, -0.1) is 0 Å². The van der Waals surface area contributed by atoms with Crippen LogP contribution in [0.1, 0.15) is 36.8 Å². The van der Waals surface area contributed by atoms with Gasteiger partial charge in [0.25, 0.3) is 0 Å². The molecule has 18 heavy (non-hydrogen) atoms. The lowest BCUT2D eigenvalue weighted by atomic mass is 9.83. The Morgan fingerprint density at radius 3 is 2.56 bits per heavy atom. The molecule has 4 nitrogen and oxygen atoms in total. The summed E-state index contributed by atoms with van der Waals surface area (Å²) in [6.07, 6.45) is 4.02. The highest BCUT2D eigenvalue weighted by Crippen LogP contribution is 2.29. The van der Waals surface area contributed by atoms with Crippen molar-refractivity contribution in [1.29, 1.82) is 10.5 Å². The van der Waals surface area contributed by atoms with E-state index < -0.39 is 0 Å². The van der Waals surface area contributed by atoms with E-state index in [0.29, 0.717) is 29.2 Å². The zero-order valence-electron chi connectivity index (χ0n) is 9.94. The number of anilines is 1. The van der Waals surface area contributed by atoms with Gasteiger partial charge >= 0.3 is 0 Å². The Bertz CT molecular complexity index is 547. The highest BCUT2D eigenvalue weighted by atomic mass is 16.1. The fourth-order valence-electron chi connectivity index (χ4n) is 1.98. The van der Waals surface area contributed by atoms with Crippen LogP contribution in [-0.4, -0.2) is 5.91 Å². The molecule has 90 valence electrons. The smallest absolute Gasteiger partial charge is 0.224 e. The summed E-state index contributed by atoms with van der Waals surface area (Å²) >= 11 is 0. The first-order valence-electron chi connectivity index (χ1n) is 5.97. The fourth-order valence-corrected chi connectivity index (χ4v) is 1.98. The van der Waals surface area contributed by atoms with Crippen LogP contribution in [0.15, 0.2) is 18.2 Å². The first kappa shape index (κ1) is 12.1. The number of nitrogens with one attached hydrogen (secondary N) is 1. The van der Waals surface area contributed by atoms with Crippen molar-refractivity contribution in [3.8, 4) is 12.1 Å². The van der Waals surface area contributed by atoms with Crippen LogP contribution in [0.3, 0.4) is 0 Å². The molecule has 0 aliphatic heterocycles. The maximum Gasteiger partial charge on any atom is 0.224 e. The normalized spacial score (nSPS) is 14.1. The Balaban J connectivity index is 2.03. The van der Waals surface area contributed by atoms with E-state index in [1.165, 1.54) is 12.5 Å². The monoisotopic (exact) mass is 239 g/mol. The summed E-state index contributed by atoms with van der Waals surface area (Å²) in [5.41, 5.74) is 1.20. The number of carbonyl (C=O) groups excluding carboxylic acids is 1. The van der Waals surface area contributed by atoms with Crippen LogP contribution >= 0.6 is 0 Å². The average molecular weight is 239 g/mol. The predicted octanol–water partition coefficient (Wildman–Crippen LogP) is 2.56. The van der Waals surface area contributed by atoms with Crippen LogP contribution in [0, 0.1) is 28.6 Å². The third-order valence-corrected chi connectivity index (χ3v) is 3.24. The van der Waals surface area contributed by atoms with E-state index in [2.05, 4.69) is 5.32 Å². The molecule has 1 saturated carbocycles. The predicted molar refractivity (Wildman–Crippen MR) is 66.5 cm³/mol. The summed E-state index contributed by atoms with van der Waals surface area (Å²) < 4.78 is 0. The molecule has 1 N–H and O–H groups in total. The highest BCUT2D eigenvalue weighted by molar-refractivity contribution is 5.91. The number of nitriles is 2. The molecule has 1 aromatic carbocycles. The summed E-state index contributed by atoms with van der Waals surface area (Å²) in [7, 11) is 0. The number of hydrogen-bond acceptors (Lipinski definition) is 3. The van der Waals surface area contributed by atoms with Gasteiger partial charge in [-0.25, -0.2) is 0 Å². The van der Waals surface area contributed by atoms with E-state index in [1.807, 2.05) is 12.1 Å². The SMILES string of the molecule is N#Cc1ccc(NC(=O)CC2CCC2)cc1C#N. The number of amides is 1. The van der Waals surface area contributed by atoms with Gasteiger partial charge in [0, 0.05) is 12.1 Å². The second-order valence-electron chi connectivity index (χ2n) is 4.53. The van der Waals surface area contributed by atoms with Crippen LogP contribution in [0.5, 0.6) is 0 Å². The van der Waals surface area contributed by atoms with Gasteiger partial charge in [-0.05, 0) is 37.0 Å². The first-order valence-corrected chi connectivity index (χ1v) is 5.97. The lowest BCUT2D eigenvalue weighted by Crippen LogP contribution is -2.20. The second-order valence-corrected chi connectivity index (χ2v) is 4.53. The van der Waals surface area contributed by atoms with E-state index in [4.69, 9.17) is 10.5 Å². The Hall–Kier alpha value is -2.33. The molecule has 1 aliphatic rings. The Morgan fingerprint density at radius 1 is 1.28 bits per heavy atom. The molecule has 0 spiro atoms. The van der Waals surface area contributed by atoms with Crippen LogP contribution in [-0.2, 0) is 4.79 Å². The average Bonchev–Trinajstić information content (AvgIpc) is 2.33. The molecular formula is C14H13N3O. The molecule has 0 radical (unpaired) electrons. The third-order valence-electron chi connectivity index (χ3n) is 3.24. The second kappa shape index (κ2) is 5.33. The number of nitrogens with zero attached hydrogens (tertiary/aromatic N) is 2. The molecule has 0 saturated heterocycles. The van der Waals surface area contributed by atoms with Crippen LogP contribution in [0.4, 0.5) is 5.69 Å². The zero-order chi connectivity index (χ0) is 13.0. The molecular weight excluding hydrogens is 226 g/mol. The summed E-state index contributed by atoms with van der Waals surface area (Å²) in [6.45, 7) is 0. The van der Waals surface area contributed by atoms with Gasteiger partial charge in [-0.3, -0.25) is 4.79 Å². The van der Waals surface area contributed by atoms with Crippen molar-refractivity contribution in [2.45, 2.75) is 25.7 Å². The van der Waals surface area contributed by atoms with Crippen molar-refractivity contribution >= 4 is 11.6 Å². The molecule has 1 aliphatic carbocycles. The highest BCUT2D eigenvalue weighted by Gasteiger charge is 2.20. The topological polar surface area (TPSA) is 76.7 Å². The van der Waals surface area contributed by atoms with Gasteiger partial charge in [0.1, 0.15) is 12.1 Å². The summed E-state index contributed by atoms with van der Waals surface area (Å²) in [5.74, 6) is 0.493. The van der Waals surface area contributed by atoms with Gasteiger partial charge in [-0.1, -0.05) is 6.42 Å². The van der Waals surface area contributed by atoms with E-state index in [9.17, 15) is 4.79 Å².